The fraction of sp³-hybridized carbons (Fsp3) is 0.182. The van der Waals surface area contributed by atoms with E-state index in [4.69, 9.17) is 4.74 Å². The van der Waals surface area contributed by atoms with E-state index >= 15 is 0 Å². The molecule has 3 aromatic carbocycles. The number of hydrogen-bond donors (Lipinski definition) is 1. The molecule has 0 radical (unpaired) electrons. The summed E-state index contributed by atoms with van der Waals surface area (Å²) in [6, 6.07) is 23.2. The molecule has 146 valence electrons. The summed E-state index contributed by atoms with van der Waals surface area (Å²) in [5, 5.41) is 4.76. The summed E-state index contributed by atoms with van der Waals surface area (Å²) in [5.74, 6) is -0.0915. The Kier molecular flexibility index (Phi) is 5.31. The lowest BCUT2D eigenvalue weighted by Gasteiger charge is -2.38. The highest BCUT2D eigenvalue weighted by molar-refractivity contribution is 7.99. The number of thioether (sulfide) groups is 1. The molecule has 29 heavy (non-hydrogen) atoms. The van der Waals surface area contributed by atoms with Gasteiger partial charge in [0, 0.05) is 4.90 Å². The van der Waals surface area contributed by atoms with Gasteiger partial charge in [0.2, 0.25) is 6.54 Å². The Bertz CT molecular complexity index is 1070. The smallest absolute Gasteiger partial charge is 0.413 e. The van der Waals surface area contributed by atoms with Crippen LogP contribution in [0, 0.1) is 0 Å². The van der Waals surface area contributed by atoms with E-state index in [-0.39, 0.29) is 24.7 Å². The second-order valence-electron chi connectivity index (χ2n) is 6.83. The van der Waals surface area contributed by atoms with Crippen molar-refractivity contribution in [2.24, 2.45) is 0 Å². The molecule has 1 amide bonds. The second-order valence-corrected chi connectivity index (χ2v) is 7.87. The molecule has 6 nitrogen and oxygen atoms in total. The number of hydrogen-bond acceptors (Lipinski definition) is 4. The maximum absolute atomic E-state index is 12.3. The topological polar surface area (TPSA) is 80.7 Å². The number of benzene rings is 3. The van der Waals surface area contributed by atoms with E-state index in [2.05, 4.69) is 5.32 Å². The average molecular weight is 405 g/mol. The van der Waals surface area contributed by atoms with Crippen LogP contribution in [0.4, 0.5) is 4.79 Å². The van der Waals surface area contributed by atoms with E-state index < -0.39 is 11.8 Å². The second kappa shape index (κ2) is 8.05. The minimum absolute atomic E-state index is 0.0835. The van der Waals surface area contributed by atoms with Gasteiger partial charge in [-0.2, -0.15) is 0 Å². The molecule has 0 aliphatic carbocycles. The molecule has 1 atom stereocenters. The van der Waals surface area contributed by atoms with Crippen LogP contribution < -0.4 is 5.32 Å². The molecule has 0 aromatic heterocycles. The van der Waals surface area contributed by atoms with Gasteiger partial charge < -0.3 is 10.3 Å². The Labute approximate surface area is 172 Å². The Morgan fingerprint density at radius 1 is 1.07 bits per heavy atom. The lowest BCUT2D eigenvalue weighted by Crippen LogP contribution is -2.72. The summed E-state index contributed by atoms with van der Waals surface area (Å²) < 4.78 is 6.07. The average Bonchev–Trinajstić information content (AvgIpc) is 2.76. The van der Waals surface area contributed by atoms with Crippen molar-refractivity contribution in [2.75, 3.05) is 12.3 Å². The number of ketones is 1. The van der Waals surface area contributed by atoms with Gasteiger partial charge in [-0.05, 0) is 28.5 Å². The van der Waals surface area contributed by atoms with E-state index in [1.54, 1.807) is 0 Å². The molecule has 3 aromatic rings. The summed E-state index contributed by atoms with van der Waals surface area (Å²) in [7, 11) is 0. The van der Waals surface area contributed by atoms with Crippen molar-refractivity contribution in [3.8, 4) is 0 Å². The van der Waals surface area contributed by atoms with Crippen molar-refractivity contribution in [1.82, 2.24) is 5.32 Å². The Hall–Kier alpha value is -3.19. The number of rotatable bonds is 6. The molecule has 0 bridgehead atoms. The SMILES string of the molecule is [N-]=[N+]1CC(=O)[C@@]1(CSc1ccc2ccccc2c1)NC(=O)OCc1ccccc1. The van der Waals surface area contributed by atoms with Crippen LogP contribution in [-0.2, 0) is 16.1 Å². The van der Waals surface area contributed by atoms with Gasteiger partial charge in [0.25, 0.3) is 5.78 Å². The lowest BCUT2D eigenvalue weighted by molar-refractivity contribution is -0.639. The standard InChI is InChI=1S/C22H19N3O3S/c23-25-13-20(26)22(25,24-21(27)28-14-16-6-2-1-3-7-16)15-29-19-11-10-17-8-4-5-9-18(17)12-19/h1-12H,13-15H2,(H,24,27)/t22-/m0/s1. The molecular weight excluding hydrogens is 386 g/mol. The van der Waals surface area contributed by atoms with Crippen LogP contribution in [0.2, 0.25) is 0 Å². The number of Topliss-reactive ketones (excluding diaryl/α,β-unsaturated/α-hetero) is 1. The highest BCUT2D eigenvalue weighted by Gasteiger charge is 2.58. The number of carbonyl (C=O) groups excluding carboxylic acids is 2. The number of ether oxygens (including phenoxy) is 1. The molecular formula is C22H19N3O3S. The summed E-state index contributed by atoms with van der Waals surface area (Å²) in [6.07, 6.45) is -0.750. The minimum atomic E-state index is -1.48. The zero-order chi connectivity index (χ0) is 20.3. The first-order chi connectivity index (χ1) is 14.1. The first-order valence-electron chi connectivity index (χ1n) is 9.17. The van der Waals surface area contributed by atoms with Crippen LogP contribution in [-0.4, -0.2) is 34.5 Å². The molecule has 7 heteroatoms. The van der Waals surface area contributed by atoms with Crippen LogP contribution in [0.15, 0.2) is 77.7 Å². The fourth-order valence-corrected chi connectivity index (χ4v) is 4.29. The zero-order valence-corrected chi connectivity index (χ0v) is 16.4. The number of alkyl carbamates (subject to hydrolysis) is 1. The van der Waals surface area contributed by atoms with Crippen molar-refractivity contribution in [3.05, 3.63) is 83.9 Å². The number of nitrogens with zero attached hydrogens (tertiary/aromatic N) is 2. The van der Waals surface area contributed by atoms with Gasteiger partial charge in [0.1, 0.15) is 6.61 Å². The Morgan fingerprint density at radius 2 is 1.79 bits per heavy atom. The van der Waals surface area contributed by atoms with Crippen molar-refractivity contribution in [2.45, 2.75) is 17.2 Å². The zero-order valence-electron chi connectivity index (χ0n) is 15.6. The predicted molar refractivity (Wildman–Crippen MR) is 111 cm³/mol. The van der Waals surface area contributed by atoms with Crippen LogP contribution in [0.5, 0.6) is 0 Å². The molecule has 0 spiro atoms. The van der Waals surface area contributed by atoms with E-state index in [1.807, 2.05) is 72.8 Å². The molecule has 1 fully saturated rings. The highest BCUT2D eigenvalue weighted by atomic mass is 32.2. The highest BCUT2D eigenvalue weighted by Crippen LogP contribution is 2.30. The Morgan fingerprint density at radius 3 is 2.52 bits per heavy atom. The Balaban J connectivity index is 1.43. The number of amides is 1. The molecule has 0 saturated carbocycles. The van der Waals surface area contributed by atoms with E-state index in [9.17, 15) is 15.1 Å². The lowest BCUT2D eigenvalue weighted by atomic mass is 9.98. The maximum Gasteiger partial charge on any atom is 0.413 e. The van der Waals surface area contributed by atoms with E-state index in [0.29, 0.717) is 0 Å². The fourth-order valence-electron chi connectivity index (χ4n) is 3.15. The quantitative estimate of drug-likeness (QED) is 0.493. The first-order valence-corrected chi connectivity index (χ1v) is 10.2. The van der Waals surface area contributed by atoms with Crippen molar-refractivity contribution in [3.63, 3.8) is 0 Å². The van der Waals surface area contributed by atoms with Crippen LogP contribution in [0.25, 0.3) is 16.3 Å². The van der Waals surface area contributed by atoms with Gasteiger partial charge in [-0.25, -0.2) is 4.79 Å². The van der Waals surface area contributed by atoms with Crippen LogP contribution >= 0.6 is 11.8 Å². The molecule has 4 rings (SSSR count). The first kappa shape index (κ1) is 19.1. The largest absolute Gasteiger partial charge is 0.504 e. The number of fused-ring (bicyclic) bond motifs is 1. The molecule has 1 aliphatic rings. The molecule has 1 heterocycles. The predicted octanol–water partition coefficient (Wildman–Crippen LogP) is 4.17. The van der Waals surface area contributed by atoms with Crippen LogP contribution in [0.3, 0.4) is 0 Å². The van der Waals surface area contributed by atoms with Crippen molar-refractivity contribution >= 4 is 34.4 Å². The summed E-state index contributed by atoms with van der Waals surface area (Å²) in [4.78, 5) is 25.5. The molecule has 0 unspecified atom stereocenters. The third-order valence-electron chi connectivity index (χ3n) is 4.89. The summed E-state index contributed by atoms with van der Waals surface area (Å²) in [6.45, 7) is -0.0442. The van der Waals surface area contributed by atoms with Crippen molar-refractivity contribution < 1.29 is 19.0 Å². The van der Waals surface area contributed by atoms with Crippen molar-refractivity contribution in [1.29, 1.82) is 0 Å². The van der Waals surface area contributed by atoms with Gasteiger partial charge >= 0.3 is 11.8 Å². The van der Waals surface area contributed by atoms with Gasteiger partial charge in [0.15, 0.2) is 0 Å². The maximum atomic E-state index is 12.3. The third-order valence-corrected chi connectivity index (χ3v) is 6.03. The summed E-state index contributed by atoms with van der Waals surface area (Å²) in [5.41, 5.74) is 9.50. The number of carbonyl (C=O) groups is 2. The monoisotopic (exact) mass is 405 g/mol. The molecule has 1 saturated heterocycles. The normalized spacial score (nSPS) is 18.3. The van der Waals surface area contributed by atoms with Gasteiger partial charge in [-0.15, -0.1) is 11.8 Å². The van der Waals surface area contributed by atoms with Gasteiger partial charge in [0.05, 0.1) is 5.75 Å². The van der Waals surface area contributed by atoms with E-state index in [0.717, 1.165) is 25.9 Å². The molecule has 1 N–H and O–H groups in total. The van der Waals surface area contributed by atoms with E-state index in [1.165, 1.54) is 11.8 Å². The number of nitrogens with one attached hydrogen (secondary N) is 1. The minimum Gasteiger partial charge on any atom is -0.504 e. The van der Waals surface area contributed by atoms with Gasteiger partial charge in [-0.3, -0.25) is 14.8 Å². The third kappa shape index (κ3) is 4.00. The van der Waals surface area contributed by atoms with Crippen LogP contribution in [0.1, 0.15) is 5.56 Å². The molecule has 1 aliphatic heterocycles. The summed E-state index contributed by atoms with van der Waals surface area (Å²) >= 11 is 1.39. The van der Waals surface area contributed by atoms with Gasteiger partial charge in [-0.1, -0.05) is 60.7 Å².